The van der Waals surface area contributed by atoms with Crippen molar-refractivity contribution in [2.75, 3.05) is 5.32 Å². The summed E-state index contributed by atoms with van der Waals surface area (Å²) in [5.74, 6) is -0.0146. The molecule has 0 aromatic carbocycles. The van der Waals surface area contributed by atoms with Crippen LogP contribution in [0.1, 0.15) is 31.7 Å². The summed E-state index contributed by atoms with van der Waals surface area (Å²) in [6.07, 6.45) is 2.46. The Hall–Kier alpha value is -0.970. The van der Waals surface area contributed by atoms with E-state index in [2.05, 4.69) is 22.4 Å². The molecule has 1 heterocycles. The van der Waals surface area contributed by atoms with Gasteiger partial charge >= 0.3 is 0 Å². The second kappa shape index (κ2) is 4.91. The molecule has 5 heteroatoms. The first-order valence-corrected chi connectivity index (χ1v) is 5.20. The van der Waals surface area contributed by atoms with Crippen LogP contribution in [0, 0.1) is 0 Å². The number of rotatable bonds is 4. The SMILES string of the molecule is CCCc1nnc(NC(=O)CC)s1. The number of hydrogen-bond acceptors (Lipinski definition) is 4. The molecule has 0 saturated heterocycles. The first kappa shape index (κ1) is 10.1. The van der Waals surface area contributed by atoms with Gasteiger partial charge in [-0.05, 0) is 6.42 Å². The van der Waals surface area contributed by atoms with Gasteiger partial charge < -0.3 is 5.32 Å². The summed E-state index contributed by atoms with van der Waals surface area (Å²) in [5.41, 5.74) is 0. The smallest absolute Gasteiger partial charge is 0.225 e. The summed E-state index contributed by atoms with van der Waals surface area (Å²) in [6.45, 7) is 3.90. The number of aryl methyl sites for hydroxylation is 1. The van der Waals surface area contributed by atoms with E-state index in [1.165, 1.54) is 11.3 Å². The summed E-state index contributed by atoms with van der Waals surface area (Å²) < 4.78 is 0. The molecule has 4 nitrogen and oxygen atoms in total. The van der Waals surface area contributed by atoms with E-state index in [0.29, 0.717) is 11.6 Å². The minimum atomic E-state index is -0.0146. The highest BCUT2D eigenvalue weighted by Crippen LogP contribution is 2.16. The van der Waals surface area contributed by atoms with Crippen LogP contribution in [0.2, 0.25) is 0 Å². The molecule has 0 fully saturated rings. The van der Waals surface area contributed by atoms with Gasteiger partial charge in [-0.3, -0.25) is 4.79 Å². The van der Waals surface area contributed by atoms with Gasteiger partial charge in [0.25, 0.3) is 0 Å². The number of anilines is 1. The molecule has 0 atom stereocenters. The van der Waals surface area contributed by atoms with Gasteiger partial charge in [-0.25, -0.2) is 0 Å². The molecule has 1 N–H and O–H groups in total. The largest absolute Gasteiger partial charge is 0.301 e. The van der Waals surface area contributed by atoms with Gasteiger partial charge in [-0.2, -0.15) is 0 Å². The zero-order valence-corrected chi connectivity index (χ0v) is 8.65. The number of nitrogens with one attached hydrogen (secondary N) is 1. The van der Waals surface area contributed by atoms with E-state index in [0.717, 1.165) is 17.8 Å². The van der Waals surface area contributed by atoms with Crippen LogP contribution in [-0.2, 0) is 11.2 Å². The van der Waals surface area contributed by atoms with Gasteiger partial charge in [0.2, 0.25) is 11.0 Å². The zero-order chi connectivity index (χ0) is 9.68. The zero-order valence-electron chi connectivity index (χ0n) is 7.83. The molecule has 1 rings (SSSR count). The molecule has 1 amide bonds. The van der Waals surface area contributed by atoms with Crippen LogP contribution in [0.25, 0.3) is 0 Å². The number of carbonyl (C=O) groups is 1. The van der Waals surface area contributed by atoms with Crippen molar-refractivity contribution in [2.45, 2.75) is 33.1 Å². The summed E-state index contributed by atoms with van der Waals surface area (Å²) in [5, 5.41) is 12.1. The quantitative estimate of drug-likeness (QED) is 0.805. The standard InChI is InChI=1S/C8H13N3OS/c1-3-5-7-10-11-8(13-7)9-6(12)4-2/h3-5H2,1-2H3,(H,9,11,12). The predicted octanol–water partition coefficient (Wildman–Crippen LogP) is 1.84. The second-order valence-corrected chi connectivity index (χ2v) is 3.71. The highest BCUT2D eigenvalue weighted by molar-refractivity contribution is 7.15. The highest BCUT2D eigenvalue weighted by Gasteiger charge is 2.05. The van der Waals surface area contributed by atoms with E-state index in [1.807, 2.05) is 6.92 Å². The van der Waals surface area contributed by atoms with E-state index in [9.17, 15) is 4.79 Å². The molecule has 0 spiro atoms. The number of hydrogen-bond donors (Lipinski definition) is 1. The summed E-state index contributed by atoms with van der Waals surface area (Å²) in [7, 11) is 0. The number of aromatic nitrogens is 2. The van der Waals surface area contributed by atoms with Gasteiger partial charge in [0.15, 0.2) is 0 Å². The van der Waals surface area contributed by atoms with Crippen LogP contribution in [0.3, 0.4) is 0 Å². The molecular formula is C8H13N3OS. The first-order valence-electron chi connectivity index (χ1n) is 4.38. The Balaban J connectivity index is 2.53. The molecule has 0 saturated carbocycles. The van der Waals surface area contributed by atoms with Crippen molar-refractivity contribution >= 4 is 22.4 Å². The van der Waals surface area contributed by atoms with Crippen molar-refractivity contribution in [2.24, 2.45) is 0 Å². The average Bonchev–Trinajstić information content (AvgIpc) is 2.53. The van der Waals surface area contributed by atoms with E-state index in [-0.39, 0.29) is 5.91 Å². The molecular weight excluding hydrogens is 186 g/mol. The van der Waals surface area contributed by atoms with Crippen LogP contribution >= 0.6 is 11.3 Å². The Morgan fingerprint density at radius 3 is 2.85 bits per heavy atom. The van der Waals surface area contributed by atoms with E-state index < -0.39 is 0 Å². The maximum absolute atomic E-state index is 11.0. The lowest BCUT2D eigenvalue weighted by Crippen LogP contribution is -2.08. The summed E-state index contributed by atoms with van der Waals surface area (Å²) in [6, 6.07) is 0. The molecule has 72 valence electrons. The minimum Gasteiger partial charge on any atom is -0.301 e. The third-order valence-electron chi connectivity index (χ3n) is 1.50. The molecule has 0 aliphatic carbocycles. The Bertz CT molecular complexity index is 285. The van der Waals surface area contributed by atoms with Crippen molar-refractivity contribution in [1.82, 2.24) is 10.2 Å². The molecule has 0 radical (unpaired) electrons. The summed E-state index contributed by atoms with van der Waals surface area (Å²) >= 11 is 1.45. The fraction of sp³-hybridized carbons (Fsp3) is 0.625. The highest BCUT2D eigenvalue weighted by atomic mass is 32.1. The third-order valence-corrected chi connectivity index (χ3v) is 2.40. The average molecular weight is 199 g/mol. The monoisotopic (exact) mass is 199 g/mol. The molecule has 0 bridgehead atoms. The van der Waals surface area contributed by atoms with E-state index in [4.69, 9.17) is 0 Å². The van der Waals surface area contributed by atoms with Crippen molar-refractivity contribution in [3.63, 3.8) is 0 Å². The molecule has 0 unspecified atom stereocenters. The summed E-state index contributed by atoms with van der Waals surface area (Å²) in [4.78, 5) is 11.0. The molecule has 13 heavy (non-hydrogen) atoms. The maximum atomic E-state index is 11.0. The van der Waals surface area contributed by atoms with E-state index >= 15 is 0 Å². The van der Waals surface area contributed by atoms with Crippen molar-refractivity contribution in [3.8, 4) is 0 Å². The molecule has 0 aliphatic rings. The van der Waals surface area contributed by atoms with Crippen LogP contribution in [-0.4, -0.2) is 16.1 Å². The Kier molecular flexibility index (Phi) is 3.82. The van der Waals surface area contributed by atoms with Crippen LogP contribution < -0.4 is 5.32 Å². The van der Waals surface area contributed by atoms with Gasteiger partial charge in [0.05, 0.1) is 0 Å². The Labute approximate surface area is 81.4 Å². The minimum absolute atomic E-state index is 0.0146. The fourth-order valence-corrected chi connectivity index (χ4v) is 1.68. The van der Waals surface area contributed by atoms with Crippen molar-refractivity contribution in [3.05, 3.63) is 5.01 Å². The lowest BCUT2D eigenvalue weighted by Gasteiger charge is -1.94. The fourth-order valence-electron chi connectivity index (χ4n) is 0.827. The van der Waals surface area contributed by atoms with Crippen LogP contribution in [0.5, 0.6) is 0 Å². The molecule has 1 aromatic heterocycles. The van der Waals surface area contributed by atoms with Crippen LogP contribution in [0.4, 0.5) is 5.13 Å². The number of nitrogens with zero attached hydrogens (tertiary/aromatic N) is 2. The second-order valence-electron chi connectivity index (χ2n) is 2.65. The normalized spacial score (nSPS) is 10.0. The van der Waals surface area contributed by atoms with Crippen LogP contribution in [0.15, 0.2) is 0 Å². The van der Waals surface area contributed by atoms with Gasteiger partial charge in [-0.1, -0.05) is 25.2 Å². The lowest BCUT2D eigenvalue weighted by molar-refractivity contribution is -0.115. The van der Waals surface area contributed by atoms with Crippen molar-refractivity contribution < 1.29 is 4.79 Å². The topological polar surface area (TPSA) is 54.9 Å². The molecule has 0 aliphatic heterocycles. The molecule has 1 aromatic rings. The van der Waals surface area contributed by atoms with Crippen molar-refractivity contribution in [1.29, 1.82) is 0 Å². The lowest BCUT2D eigenvalue weighted by atomic mass is 10.4. The van der Waals surface area contributed by atoms with E-state index in [1.54, 1.807) is 0 Å². The Morgan fingerprint density at radius 1 is 1.46 bits per heavy atom. The number of amides is 1. The number of carbonyl (C=O) groups excluding carboxylic acids is 1. The predicted molar refractivity (Wildman–Crippen MR) is 52.8 cm³/mol. The Morgan fingerprint density at radius 2 is 2.23 bits per heavy atom. The van der Waals surface area contributed by atoms with Gasteiger partial charge in [0, 0.05) is 12.8 Å². The first-order chi connectivity index (χ1) is 6.26. The van der Waals surface area contributed by atoms with Gasteiger partial charge in [-0.15, -0.1) is 10.2 Å². The maximum Gasteiger partial charge on any atom is 0.225 e. The van der Waals surface area contributed by atoms with Gasteiger partial charge in [0.1, 0.15) is 5.01 Å². The third kappa shape index (κ3) is 3.10.